The third kappa shape index (κ3) is 2.56. The zero-order chi connectivity index (χ0) is 10.5. The molecule has 1 unspecified atom stereocenters. The van der Waals surface area contributed by atoms with E-state index in [0.717, 1.165) is 6.42 Å². The molecular formula is C11H12N2O2. The van der Waals surface area contributed by atoms with Crippen LogP contribution in [0.15, 0.2) is 43.0 Å². The van der Waals surface area contributed by atoms with Crippen LogP contribution < -0.4 is 0 Å². The van der Waals surface area contributed by atoms with Crippen LogP contribution in [0.2, 0.25) is 0 Å². The number of carbonyl (C=O) groups excluding carboxylic acids is 1. The number of allylic oxidation sites excluding steroid dienone is 3. The van der Waals surface area contributed by atoms with Gasteiger partial charge in [-0.25, -0.2) is 14.3 Å². The largest absolute Gasteiger partial charge is 0.448 e. The molecule has 2 rings (SSSR count). The van der Waals surface area contributed by atoms with Crippen molar-refractivity contribution in [2.24, 2.45) is 5.92 Å². The summed E-state index contributed by atoms with van der Waals surface area (Å²) in [4.78, 5) is 15.2. The number of ether oxygens (including phenoxy) is 1. The Hall–Kier alpha value is -1.84. The molecule has 15 heavy (non-hydrogen) atoms. The maximum Gasteiger partial charge on any atom is 0.419 e. The molecule has 1 aliphatic rings. The molecule has 78 valence electrons. The smallest absolute Gasteiger partial charge is 0.419 e. The number of hydrogen-bond acceptors (Lipinski definition) is 3. The summed E-state index contributed by atoms with van der Waals surface area (Å²) in [5, 5.41) is 0. The molecule has 1 heterocycles. The summed E-state index contributed by atoms with van der Waals surface area (Å²) in [6.45, 7) is 0.415. The van der Waals surface area contributed by atoms with Gasteiger partial charge in [0.25, 0.3) is 0 Å². The van der Waals surface area contributed by atoms with Gasteiger partial charge in [-0.05, 0) is 6.42 Å². The van der Waals surface area contributed by atoms with Gasteiger partial charge in [0.1, 0.15) is 6.33 Å². The molecule has 1 aromatic heterocycles. The van der Waals surface area contributed by atoms with Gasteiger partial charge in [0, 0.05) is 18.3 Å². The first-order chi connectivity index (χ1) is 7.36. The van der Waals surface area contributed by atoms with E-state index in [1.54, 1.807) is 12.4 Å². The average molecular weight is 204 g/mol. The highest BCUT2D eigenvalue weighted by molar-refractivity contribution is 5.69. The lowest BCUT2D eigenvalue weighted by Crippen LogP contribution is -2.17. The first-order valence-corrected chi connectivity index (χ1v) is 4.84. The van der Waals surface area contributed by atoms with Gasteiger partial charge in [0.15, 0.2) is 0 Å². The Morgan fingerprint density at radius 1 is 1.53 bits per heavy atom. The van der Waals surface area contributed by atoms with Gasteiger partial charge in [-0.1, -0.05) is 24.3 Å². The monoisotopic (exact) mass is 204 g/mol. The molecular weight excluding hydrogens is 192 g/mol. The predicted octanol–water partition coefficient (Wildman–Crippen LogP) is 2.00. The first-order valence-electron chi connectivity index (χ1n) is 4.84. The van der Waals surface area contributed by atoms with E-state index in [9.17, 15) is 4.79 Å². The van der Waals surface area contributed by atoms with Crippen LogP contribution in [-0.2, 0) is 4.74 Å². The third-order valence-corrected chi connectivity index (χ3v) is 2.21. The highest BCUT2D eigenvalue weighted by Gasteiger charge is 2.10. The van der Waals surface area contributed by atoms with Crippen LogP contribution >= 0.6 is 0 Å². The predicted molar refractivity (Wildman–Crippen MR) is 55.4 cm³/mol. The van der Waals surface area contributed by atoms with E-state index in [-0.39, 0.29) is 6.09 Å². The average Bonchev–Trinajstić information content (AvgIpc) is 2.81. The van der Waals surface area contributed by atoms with Crippen LogP contribution in [-0.4, -0.2) is 22.3 Å². The second-order valence-corrected chi connectivity index (χ2v) is 3.36. The van der Waals surface area contributed by atoms with E-state index < -0.39 is 0 Å². The molecule has 4 heteroatoms. The number of hydrogen-bond donors (Lipinski definition) is 0. The van der Waals surface area contributed by atoms with Gasteiger partial charge in [-0.2, -0.15) is 0 Å². The molecule has 0 bridgehead atoms. The van der Waals surface area contributed by atoms with Crippen molar-refractivity contribution in [3.8, 4) is 0 Å². The SMILES string of the molecule is O=C(OCC1C=CC=CC1)n1ccnc1. The highest BCUT2D eigenvalue weighted by atomic mass is 16.5. The fourth-order valence-electron chi connectivity index (χ4n) is 1.38. The van der Waals surface area contributed by atoms with Crippen LogP contribution in [0.4, 0.5) is 4.79 Å². The lowest BCUT2D eigenvalue weighted by Gasteiger charge is -2.12. The van der Waals surface area contributed by atoms with Crippen molar-refractivity contribution in [1.82, 2.24) is 9.55 Å². The van der Waals surface area contributed by atoms with Gasteiger partial charge >= 0.3 is 6.09 Å². The lowest BCUT2D eigenvalue weighted by atomic mass is 10.0. The highest BCUT2D eigenvalue weighted by Crippen LogP contribution is 2.11. The number of rotatable bonds is 2. The van der Waals surface area contributed by atoms with E-state index in [2.05, 4.69) is 11.1 Å². The summed E-state index contributed by atoms with van der Waals surface area (Å²) >= 11 is 0. The molecule has 1 aromatic rings. The van der Waals surface area contributed by atoms with E-state index >= 15 is 0 Å². The number of carbonyl (C=O) groups is 1. The molecule has 0 saturated carbocycles. The maximum atomic E-state index is 11.4. The van der Waals surface area contributed by atoms with Crippen LogP contribution in [0.5, 0.6) is 0 Å². The topological polar surface area (TPSA) is 44.1 Å². The number of nitrogens with zero attached hydrogens (tertiary/aromatic N) is 2. The van der Waals surface area contributed by atoms with Crippen molar-refractivity contribution < 1.29 is 9.53 Å². The van der Waals surface area contributed by atoms with E-state index in [4.69, 9.17) is 4.74 Å². The maximum absolute atomic E-state index is 11.4. The Kier molecular flexibility index (Phi) is 2.97. The summed E-state index contributed by atoms with van der Waals surface area (Å²) in [5.41, 5.74) is 0. The molecule has 0 N–H and O–H groups in total. The Morgan fingerprint density at radius 2 is 2.47 bits per heavy atom. The summed E-state index contributed by atoms with van der Waals surface area (Å²) < 4.78 is 6.45. The molecule has 0 saturated heterocycles. The van der Waals surface area contributed by atoms with E-state index in [1.807, 2.05) is 18.2 Å². The molecule has 1 atom stereocenters. The van der Waals surface area contributed by atoms with Crippen molar-refractivity contribution in [2.45, 2.75) is 6.42 Å². The molecule has 0 spiro atoms. The normalized spacial score (nSPS) is 19.1. The van der Waals surface area contributed by atoms with Crippen molar-refractivity contribution >= 4 is 6.09 Å². The van der Waals surface area contributed by atoms with Gasteiger partial charge in [-0.3, -0.25) is 0 Å². The fourth-order valence-corrected chi connectivity index (χ4v) is 1.38. The summed E-state index contributed by atoms with van der Waals surface area (Å²) in [6.07, 6.45) is 13.2. The van der Waals surface area contributed by atoms with Crippen molar-refractivity contribution in [1.29, 1.82) is 0 Å². The van der Waals surface area contributed by atoms with Crippen LogP contribution in [0.1, 0.15) is 6.42 Å². The Labute approximate surface area is 87.9 Å². The molecule has 1 aliphatic carbocycles. The molecule has 0 amide bonds. The van der Waals surface area contributed by atoms with Crippen molar-refractivity contribution in [3.05, 3.63) is 43.0 Å². The number of aromatic nitrogens is 2. The van der Waals surface area contributed by atoms with Crippen LogP contribution in [0.25, 0.3) is 0 Å². The zero-order valence-corrected chi connectivity index (χ0v) is 8.24. The minimum Gasteiger partial charge on any atom is -0.448 e. The second-order valence-electron chi connectivity index (χ2n) is 3.36. The summed E-state index contributed by atoms with van der Waals surface area (Å²) in [6, 6.07) is 0. The van der Waals surface area contributed by atoms with Gasteiger partial charge in [0.05, 0.1) is 6.61 Å². The van der Waals surface area contributed by atoms with E-state index in [1.165, 1.54) is 10.9 Å². The molecule has 0 aliphatic heterocycles. The minimum atomic E-state index is -0.379. The molecule has 0 fully saturated rings. The standard InChI is InChI=1S/C11H12N2O2/c14-11(13-7-6-12-9-13)15-8-10-4-2-1-3-5-10/h1-4,6-7,9-10H,5,8H2. The molecule has 0 aromatic carbocycles. The fraction of sp³-hybridized carbons (Fsp3) is 0.273. The van der Waals surface area contributed by atoms with Crippen molar-refractivity contribution in [2.75, 3.05) is 6.61 Å². The van der Waals surface area contributed by atoms with Gasteiger partial charge in [-0.15, -0.1) is 0 Å². The Morgan fingerprint density at radius 3 is 3.13 bits per heavy atom. The number of imidazole rings is 1. The third-order valence-electron chi connectivity index (χ3n) is 2.21. The van der Waals surface area contributed by atoms with E-state index in [0.29, 0.717) is 12.5 Å². The Bertz CT molecular complexity index is 379. The zero-order valence-electron chi connectivity index (χ0n) is 8.24. The minimum absolute atomic E-state index is 0.294. The van der Waals surface area contributed by atoms with Crippen LogP contribution in [0.3, 0.4) is 0 Å². The van der Waals surface area contributed by atoms with Gasteiger partial charge < -0.3 is 4.74 Å². The van der Waals surface area contributed by atoms with Crippen LogP contribution in [0, 0.1) is 5.92 Å². The lowest BCUT2D eigenvalue weighted by molar-refractivity contribution is 0.136. The first kappa shape index (κ1) is 9.71. The Balaban J connectivity index is 1.81. The summed E-state index contributed by atoms with van der Waals surface area (Å²) in [7, 11) is 0. The van der Waals surface area contributed by atoms with Crippen molar-refractivity contribution in [3.63, 3.8) is 0 Å². The summed E-state index contributed by atoms with van der Waals surface area (Å²) in [5.74, 6) is 0.294. The molecule has 4 nitrogen and oxygen atoms in total. The molecule has 0 radical (unpaired) electrons. The van der Waals surface area contributed by atoms with Gasteiger partial charge in [0.2, 0.25) is 0 Å². The second kappa shape index (κ2) is 4.59. The quantitative estimate of drug-likeness (QED) is 0.740.